The highest BCUT2D eigenvalue weighted by molar-refractivity contribution is 9.10. The summed E-state index contributed by atoms with van der Waals surface area (Å²) in [6.45, 7) is 1.64. The first-order valence-corrected chi connectivity index (χ1v) is 8.90. The molecular formula is C19H19BrN2O5. The molecule has 7 nitrogen and oxygen atoms in total. The standard InChI is InChI=1S/C19H19BrN2O5/c1-12(17(23)22-19(25)21-2)27-18(24)15-8-3-4-9-16(15)26-11-13-6-5-7-14(20)10-13/h3-10,12H,11H2,1-2H3,(H2,21,22,23,25). The number of para-hydroxylation sites is 1. The SMILES string of the molecule is CNC(=O)NC(=O)C(C)OC(=O)c1ccccc1OCc1cccc(Br)c1. The highest BCUT2D eigenvalue weighted by Crippen LogP contribution is 2.21. The molecule has 0 radical (unpaired) electrons. The van der Waals surface area contributed by atoms with Crippen LogP contribution in [0, 0.1) is 0 Å². The van der Waals surface area contributed by atoms with Crippen LogP contribution in [0.15, 0.2) is 53.0 Å². The third-order valence-corrected chi connectivity index (χ3v) is 4.00. The van der Waals surface area contributed by atoms with Crippen LogP contribution < -0.4 is 15.4 Å². The zero-order valence-electron chi connectivity index (χ0n) is 14.8. The fraction of sp³-hybridized carbons (Fsp3) is 0.211. The van der Waals surface area contributed by atoms with Gasteiger partial charge in [-0.3, -0.25) is 10.1 Å². The lowest BCUT2D eigenvalue weighted by Gasteiger charge is -2.15. The predicted molar refractivity (Wildman–Crippen MR) is 102 cm³/mol. The molecule has 0 aromatic heterocycles. The molecule has 0 spiro atoms. The Balaban J connectivity index is 2.04. The van der Waals surface area contributed by atoms with E-state index in [4.69, 9.17) is 9.47 Å². The zero-order valence-corrected chi connectivity index (χ0v) is 16.4. The van der Waals surface area contributed by atoms with Gasteiger partial charge in [-0.25, -0.2) is 9.59 Å². The van der Waals surface area contributed by atoms with E-state index in [1.807, 2.05) is 24.3 Å². The molecule has 2 rings (SSSR count). The number of imide groups is 1. The number of benzene rings is 2. The van der Waals surface area contributed by atoms with E-state index in [0.29, 0.717) is 5.75 Å². The number of esters is 1. The second kappa shape index (κ2) is 9.72. The van der Waals surface area contributed by atoms with Gasteiger partial charge in [0.05, 0.1) is 0 Å². The van der Waals surface area contributed by atoms with Crippen LogP contribution in [0.4, 0.5) is 4.79 Å². The number of urea groups is 1. The van der Waals surface area contributed by atoms with Gasteiger partial charge in [-0.1, -0.05) is 40.2 Å². The van der Waals surface area contributed by atoms with E-state index in [-0.39, 0.29) is 12.2 Å². The Bertz CT molecular complexity index is 840. The molecule has 0 aliphatic heterocycles. The number of rotatable bonds is 6. The lowest BCUT2D eigenvalue weighted by molar-refractivity contribution is -0.127. The molecule has 1 unspecified atom stereocenters. The van der Waals surface area contributed by atoms with Crippen LogP contribution in [0.3, 0.4) is 0 Å². The first-order valence-electron chi connectivity index (χ1n) is 8.10. The summed E-state index contributed by atoms with van der Waals surface area (Å²) in [6.07, 6.45) is -1.15. The fourth-order valence-electron chi connectivity index (χ4n) is 2.10. The molecule has 8 heteroatoms. The van der Waals surface area contributed by atoms with Crippen LogP contribution >= 0.6 is 15.9 Å². The van der Waals surface area contributed by atoms with Crippen LogP contribution in [-0.4, -0.2) is 31.1 Å². The molecule has 142 valence electrons. The Hall–Kier alpha value is -2.87. The Morgan fingerprint density at radius 2 is 1.85 bits per heavy atom. The summed E-state index contributed by atoms with van der Waals surface area (Å²) in [7, 11) is 1.37. The minimum absolute atomic E-state index is 0.187. The Morgan fingerprint density at radius 1 is 1.11 bits per heavy atom. The summed E-state index contributed by atoms with van der Waals surface area (Å²) in [5.74, 6) is -1.11. The molecule has 2 aromatic rings. The van der Waals surface area contributed by atoms with E-state index >= 15 is 0 Å². The van der Waals surface area contributed by atoms with Crippen molar-refractivity contribution >= 4 is 33.8 Å². The molecule has 27 heavy (non-hydrogen) atoms. The molecule has 2 N–H and O–H groups in total. The molecule has 2 aromatic carbocycles. The lowest BCUT2D eigenvalue weighted by atomic mass is 10.2. The molecular weight excluding hydrogens is 416 g/mol. The average Bonchev–Trinajstić information content (AvgIpc) is 2.66. The summed E-state index contributed by atoms with van der Waals surface area (Å²) in [5, 5.41) is 4.30. The maximum Gasteiger partial charge on any atom is 0.342 e. The number of nitrogens with one attached hydrogen (secondary N) is 2. The number of carbonyl (C=O) groups is 3. The quantitative estimate of drug-likeness (QED) is 0.681. The van der Waals surface area contributed by atoms with E-state index in [1.165, 1.54) is 14.0 Å². The van der Waals surface area contributed by atoms with Crippen LogP contribution in [-0.2, 0) is 16.1 Å². The number of carbonyl (C=O) groups excluding carboxylic acids is 3. The second-order valence-electron chi connectivity index (χ2n) is 5.53. The van der Waals surface area contributed by atoms with E-state index in [1.54, 1.807) is 24.3 Å². The van der Waals surface area contributed by atoms with Crippen molar-refractivity contribution in [1.29, 1.82) is 0 Å². The maximum atomic E-state index is 12.4. The summed E-state index contributed by atoms with van der Waals surface area (Å²) >= 11 is 3.39. The van der Waals surface area contributed by atoms with E-state index in [2.05, 4.69) is 26.6 Å². The van der Waals surface area contributed by atoms with Crippen LogP contribution in [0.25, 0.3) is 0 Å². The smallest absolute Gasteiger partial charge is 0.342 e. The van der Waals surface area contributed by atoms with Crippen LogP contribution in [0.2, 0.25) is 0 Å². The average molecular weight is 435 g/mol. The van der Waals surface area contributed by atoms with Crippen molar-refractivity contribution in [3.63, 3.8) is 0 Å². The first kappa shape index (κ1) is 20.4. The third kappa shape index (κ3) is 6.10. The number of halogens is 1. The largest absolute Gasteiger partial charge is 0.488 e. The van der Waals surface area contributed by atoms with Gasteiger partial charge in [-0.15, -0.1) is 0 Å². The normalized spacial score (nSPS) is 11.2. The minimum Gasteiger partial charge on any atom is -0.488 e. The number of amides is 3. The molecule has 0 aliphatic carbocycles. The highest BCUT2D eigenvalue weighted by Gasteiger charge is 2.22. The van der Waals surface area contributed by atoms with Crippen molar-refractivity contribution in [2.24, 2.45) is 0 Å². The monoisotopic (exact) mass is 434 g/mol. The van der Waals surface area contributed by atoms with E-state index in [0.717, 1.165) is 10.0 Å². The molecule has 0 fully saturated rings. The molecule has 0 bridgehead atoms. The van der Waals surface area contributed by atoms with Crippen LogP contribution in [0.5, 0.6) is 5.75 Å². The van der Waals surface area contributed by atoms with Crippen molar-refractivity contribution < 1.29 is 23.9 Å². The summed E-state index contributed by atoms with van der Waals surface area (Å²) in [4.78, 5) is 35.4. The van der Waals surface area contributed by atoms with Gasteiger partial charge in [0.15, 0.2) is 6.10 Å². The molecule has 0 heterocycles. The van der Waals surface area contributed by atoms with Crippen molar-refractivity contribution in [3.8, 4) is 5.75 Å². The topological polar surface area (TPSA) is 93.7 Å². The minimum atomic E-state index is -1.15. The van der Waals surface area contributed by atoms with Gasteiger partial charge >= 0.3 is 12.0 Å². The van der Waals surface area contributed by atoms with Gasteiger partial charge in [0.2, 0.25) is 0 Å². The maximum absolute atomic E-state index is 12.4. The van der Waals surface area contributed by atoms with Crippen molar-refractivity contribution in [2.75, 3.05) is 7.05 Å². The molecule has 3 amide bonds. The fourth-order valence-corrected chi connectivity index (χ4v) is 2.55. The van der Waals surface area contributed by atoms with Gasteiger partial charge < -0.3 is 14.8 Å². The van der Waals surface area contributed by atoms with Crippen molar-refractivity contribution in [1.82, 2.24) is 10.6 Å². The van der Waals surface area contributed by atoms with E-state index < -0.39 is 24.0 Å². The number of hydrogen-bond donors (Lipinski definition) is 2. The number of hydrogen-bond acceptors (Lipinski definition) is 5. The van der Waals surface area contributed by atoms with Gasteiger partial charge in [-0.05, 0) is 36.8 Å². The Kier molecular flexibility index (Phi) is 7.36. The lowest BCUT2D eigenvalue weighted by Crippen LogP contribution is -2.43. The zero-order chi connectivity index (χ0) is 19.8. The molecule has 1 atom stereocenters. The predicted octanol–water partition coefficient (Wildman–Crippen LogP) is 3.03. The van der Waals surface area contributed by atoms with E-state index in [9.17, 15) is 14.4 Å². The molecule has 0 saturated carbocycles. The summed E-state index contributed by atoms with van der Waals surface area (Å²) in [6, 6.07) is 13.5. The van der Waals surface area contributed by atoms with Crippen LogP contribution in [0.1, 0.15) is 22.8 Å². The Labute approximate surface area is 165 Å². The molecule has 0 saturated heterocycles. The van der Waals surface area contributed by atoms with Gasteiger partial charge in [-0.2, -0.15) is 0 Å². The van der Waals surface area contributed by atoms with Gasteiger partial charge in [0, 0.05) is 11.5 Å². The van der Waals surface area contributed by atoms with Crippen molar-refractivity contribution in [3.05, 3.63) is 64.1 Å². The Morgan fingerprint density at radius 3 is 2.56 bits per heavy atom. The number of ether oxygens (including phenoxy) is 2. The third-order valence-electron chi connectivity index (χ3n) is 3.51. The molecule has 0 aliphatic rings. The van der Waals surface area contributed by atoms with Crippen molar-refractivity contribution in [2.45, 2.75) is 19.6 Å². The van der Waals surface area contributed by atoms with Gasteiger partial charge in [0.1, 0.15) is 17.9 Å². The first-order chi connectivity index (χ1) is 12.9. The second-order valence-corrected chi connectivity index (χ2v) is 6.45. The summed E-state index contributed by atoms with van der Waals surface area (Å²) < 4.78 is 11.8. The highest BCUT2D eigenvalue weighted by atomic mass is 79.9. The van der Waals surface area contributed by atoms with Gasteiger partial charge in [0.25, 0.3) is 5.91 Å². The summed E-state index contributed by atoms with van der Waals surface area (Å²) in [5.41, 5.74) is 1.11.